The molecule has 0 spiro atoms. The highest BCUT2D eigenvalue weighted by atomic mass is 35.5. The largest absolute Gasteiger partial charge is 0.359 e. The summed E-state index contributed by atoms with van der Waals surface area (Å²) in [6.45, 7) is 7.90. The van der Waals surface area contributed by atoms with E-state index >= 15 is 0 Å². The highest BCUT2D eigenvalue weighted by Crippen LogP contribution is 2.16. The zero-order valence-corrected chi connectivity index (χ0v) is 17.7. The van der Waals surface area contributed by atoms with E-state index in [2.05, 4.69) is 51.7 Å². The van der Waals surface area contributed by atoms with E-state index in [0.29, 0.717) is 18.5 Å². The minimum atomic E-state index is 0.369. The summed E-state index contributed by atoms with van der Waals surface area (Å²) in [4.78, 5) is 6.83. The van der Waals surface area contributed by atoms with Gasteiger partial charge >= 0.3 is 0 Å². The number of halogens is 1. The monoisotopic (exact) mass is 403 g/mol. The van der Waals surface area contributed by atoms with Crippen LogP contribution in [0.25, 0.3) is 0 Å². The number of aliphatic imine (C=N–C) groups is 1. The van der Waals surface area contributed by atoms with E-state index < -0.39 is 0 Å². The van der Waals surface area contributed by atoms with Crippen LogP contribution < -0.4 is 10.6 Å². The van der Waals surface area contributed by atoms with Crippen LogP contribution in [0.2, 0.25) is 5.02 Å². The molecule has 2 aromatic rings. The van der Waals surface area contributed by atoms with E-state index in [1.807, 2.05) is 18.2 Å². The molecule has 1 aromatic carbocycles. The van der Waals surface area contributed by atoms with Crippen molar-refractivity contribution in [2.75, 3.05) is 20.1 Å². The van der Waals surface area contributed by atoms with Crippen molar-refractivity contribution >= 4 is 17.6 Å². The molecule has 0 radical (unpaired) electrons. The molecular weight excluding hydrogens is 374 g/mol. The molecule has 3 rings (SSSR count). The van der Waals surface area contributed by atoms with Crippen LogP contribution in [-0.2, 0) is 13.1 Å². The molecule has 1 aromatic heterocycles. The molecule has 7 heteroatoms. The van der Waals surface area contributed by atoms with E-state index in [1.54, 1.807) is 7.05 Å². The van der Waals surface area contributed by atoms with Gasteiger partial charge in [-0.3, -0.25) is 9.89 Å². The summed E-state index contributed by atoms with van der Waals surface area (Å²) < 4.78 is 5.38. The molecule has 0 amide bonds. The summed E-state index contributed by atoms with van der Waals surface area (Å²) in [5, 5.41) is 11.7. The average molecular weight is 404 g/mol. The van der Waals surface area contributed by atoms with Crippen molar-refractivity contribution in [1.29, 1.82) is 0 Å². The fourth-order valence-corrected chi connectivity index (χ4v) is 3.45. The summed E-state index contributed by atoms with van der Waals surface area (Å²) in [7, 11) is 1.80. The zero-order valence-electron chi connectivity index (χ0n) is 16.9. The van der Waals surface area contributed by atoms with Crippen molar-refractivity contribution in [1.82, 2.24) is 20.7 Å². The zero-order chi connectivity index (χ0) is 19.9. The molecule has 2 N–H and O–H groups in total. The van der Waals surface area contributed by atoms with Gasteiger partial charge in [-0.15, -0.1) is 0 Å². The van der Waals surface area contributed by atoms with Gasteiger partial charge in [0.05, 0.1) is 12.2 Å². The molecule has 6 nitrogen and oxygen atoms in total. The maximum atomic E-state index is 5.97. The Bertz CT molecular complexity index is 763. The Kier molecular flexibility index (Phi) is 7.34. The van der Waals surface area contributed by atoms with Crippen LogP contribution in [0.3, 0.4) is 0 Å². The molecule has 0 aliphatic carbocycles. The number of guanidine groups is 1. The molecule has 28 heavy (non-hydrogen) atoms. The van der Waals surface area contributed by atoms with Crippen molar-refractivity contribution in [2.24, 2.45) is 4.99 Å². The number of piperidine rings is 1. The summed E-state index contributed by atoms with van der Waals surface area (Å²) in [6, 6.07) is 10.5. The van der Waals surface area contributed by atoms with Crippen molar-refractivity contribution in [3.63, 3.8) is 0 Å². The van der Waals surface area contributed by atoms with Gasteiger partial charge in [0.25, 0.3) is 0 Å². The van der Waals surface area contributed by atoms with Gasteiger partial charge in [0, 0.05) is 43.8 Å². The normalized spacial score (nSPS) is 16.5. The van der Waals surface area contributed by atoms with Gasteiger partial charge in [0.1, 0.15) is 0 Å². The van der Waals surface area contributed by atoms with Crippen molar-refractivity contribution in [3.8, 4) is 0 Å². The van der Waals surface area contributed by atoms with E-state index in [0.717, 1.165) is 54.9 Å². The summed E-state index contributed by atoms with van der Waals surface area (Å²) >= 11 is 5.97. The van der Waals surface area contributed by atoms with E-state index in [4.69, 9.17) is 16.1 Å². The molecule has 0 unspecified atom stereocenters. The minimum Gasteiger partial charge on any atom is -0.359 e. The number of hydrogen-bond acceptors (Lipinski definition) is 4. The highest BCUT2D eigenvalue weighted by molar-refractivity contribution is 6.30. The molecule has 1 aliphatic heterocycles. The van der Waals surface area contributed by atoms with E-state index in [-0.39, 0.29) is 0 Å². The maximum Gasteiger partial charge on any atom is 0.191 e. The molecule has 1 aliphatic rings. The number of hydrogen-bond donors (Lipinski definition) is 2. The quantitative estimate of drug-likeness (QED) is 0.567. The van der Waals surface area contributed by atoms with Crippen LogP contribution in [0.4, 0.5) is 0 Å². The second-order valence-electron chi connectivity index (χ2n) is 7.62. The Morgan fingerprint density at radius 1 is 1.29 bits per heavy atom. The first-order valence-electron chi connectivity index (χ1n) is 9.93. The number of benzene rings is 1. The Balaban J connectivity index is 1.41. The van der Waals surface area contributed by atoms with Gasteiger partial charge in [-0.2, -0.15) is 0 Å². The lowest BCUT2D eigenvalue weighted by atomic mass is 10.0. The number of nitrogens with zero attached hydrogens (tertiary/aromatic N) is 3. The third kappa shape index (κ3) is 5.97. The summed E-state index contributed by atoms with van der Waals surface area (Å²) in [6.07, 6.45) is 2.18. The van der Waals surface area contributed by atoms with Gasteiger partial charge in [0.15, 0.2) is 11.7 Å². The molecular formula is C21H30ClN5O. The van der Waals surface area contributed by atoms with Crippen LogP contribution >= 0.6 is 11.6 Å². The predicted octanol–water partition coefficient (Wildman–Crippen LogP) is 3.78. The Morgan fingerprint density at radius 2 is 2.00 bits per heavy atom. The second-order valence-corrected chi connectivity index (χ2v) is 8.06. The number of nitrogens with one attached hydrogen (secondary N) is 2. The second kappa shape index (κ2) is 9.94. The molecule has 152 valence electrons. The van der Waals surface area contributed by atoms with Crippen molar-refractivity contribution in [3.05, 3.63) is 52.4 Å². The lowest BCUT2D eigenvalue weighted by molar-refractivity contribution is 0.198. The van der Waals surface area contributed by atoms with Crippen molar-refractivity contribution < 1.29 is 4.52 Å². The van der Waals surface area contributed by atoms with Gasteiger partial charge in [0.2, 0.25) is 0 Å². The third-order valence-corrected chi connectivity index (χ3v) is 5.32. The van der Waals surface area contributed by atoms with E-state index in [9.17, 15) is 0 Å². The van der Waals surface area contributed by atoms with Gasteiger partial charge in [-0.05, 0) is 36.5 Å². The van der Waals surface area contributed by atoms with Crippen molar-refractivity contribution in [2.45, 2.75) is 51.7 Å². The summed E-state index contributed by atoms with van der Waals surface area (Å²) in [5.41, 5.74) is 2.29. The fourth-order valence-electron chi connectivity index (χ4n) is 3.33. The van der Waals surface area contributed by atoms with Crippen LogP contribution in [0.15, 0.2) is 39.8 Å². The molecule has 0 atom stereocenters. The molecule has 0 bridgehead atoms. The fraction of sp³-hybridized carbons (Fsp3) is 0.524. The Labute approximate surface area is 172 Å². The SMILES string of the molecule is CN=C(NCc1cc(C(C)C)no1)NC1CCN(Cc2ccc(Cl)cc2)CC1. The van der Waals surface area contributed by atoms with E-state index in [1.165, 1.54) is 5.56 Å². The first-order valence-corrected chi connectivity index (χ1v) is 10.3. The number of likely N-dealkylation sites (tertiary alicyclic amines) is 1. The van der Waals surface area contributed by atoms with Gasteiger partial charge < -0.3 is 15.2 Å². The average Bonchev–Trinajstić information content (AvgIpc) is 3.18. The maximum absolute atomic E-state index is 5.97. The molecule has 1 saturated heterocycles. The molecule has 1 fully saturated rings. The smallest absolute Gasteiger partial charge is 0.191 e. The minimum absolute atomic E-state index is 0.369. The first kappa shape index (κ1) is 20.7. The van der Waals surface area contributed by atoms with Gasteiger partial charge in [-0.25, -0.2) is 0 Å². The number of aromatic nitrogens is 1. The Hall–Kier alpha value is -2.05. The van der Waals surface area contributed by atoms with Crippen LogP contribution in [-0.4, -0.2) is 42.2 Å². The predicted molar refractivity (Wildman–Crippen MR) is 114 cm³/mol. The van der Waals surface area contributed by atoms with Crippen LogP contribution in [0.1, 0.15) is 49.6 Å². The molecule has 2 heterocycles. The van der Waals surface area contributed by atoms with Crippen LogP contribution in [0.5, 0.6) is 0 Å². The van der Waals surface area contributed by atoms with Gasteiger partial charge in [-0.1, -0.05) is 42.7 Å². The third-order valence-electron chi connectivity index (χ3n) is 5.07. The topological polar surface area (TPSA) is 65.7 Å². The standard InChI is InChI=1S/C21H30ClN5O/c1-15(2)20-12-19(28-26-20)13-24-21(23-3)25-18-8-10-27(11-9-18)14-16-4-6-17(22)7-5-16/h4-7,12,15,18H,8-11,13-14H2,1-3H3,(H2,23,24,25). The lowest BCUT2D eigenvalue weighted by Gasteiger charge is -2.33. The van der Waals surface area contributed by atoms with Crippen LogP contribution in [0, 0.1) is 0 Å². The lowest BCUT2D eigenvalue weighted by Crippen LogP contribution is -2.48. The summed E-state index contributed by atoms with van der Waals surface area (Å²) in [5.74, 6) is 2.00. The molecule has 0 saturated carbocycles. The Morgan fingerprint density at radius 3 is 2.61 bits per heavy atom. The first-order chi connectivity index (χ1) is 13.5. The number of rotatable bonds is 6. The highest BCUT2D eigenvalue weighted by Gasteiger charge is 2.20.